The Hall–Kier alpha value is -4.81. The third-order valence-electron chi connectivity index (χ3n) is 8.15. The van der Waals surface area contributed by atoms with Gasteiger partial charge >= 0.3 is 0 Å². The Morgan fingerprint density at radius 2 is 1.92 bits per heavy atom. The number of fused-ring (bicyclic) bond motifs is 1. The van der Waals surface area contributed by atoms with Crippen molar-refractivity contribution in [1.29, 1.82) is 0 Å². The number of phenolic OH excluding ortho intramolecular Hbond substituents is 1. The summed E-state index contributed by atoms with van der Waals surface area (Å²) in [4.78, 5) is 27.4. The molecule has 15 heteroatoms. The molecule has 0 spiro atoms. The van der Waals surface area contributed by atoms with Crippen molar-refractivity contribution in [3.05, 3.63) is 87.9 Å². The maximum atomic E-state index is 16.2. The van der Waals surface area contributed by atoms with Crippen molar-refractivity contribution in [2.24, 2.45) is 0 Å². The van der Waals surface area contributed by atoms with E-state index in [-0.39, 0.29) is 58.4 Å². The van der Waals surface area contributed by atoms with Gasteiger partial charge in [-0.15, -0.1) is 0 Å². The van der Waals surface area contributed by atoms with Crippen molar-refractivity contribution in [3.63, 3.8) is 0 Å². The van der Waals surface area contributed by atoms with Gasteiger partial charge < -0.3 is 19.8 Å². The van der Waals surface area contributed by atoms with Gasteiger partial charge in [0, 0.05) is 37.5 Å². The number of aromatic nitrogens is 3. The molecule has 1 saturated heterocycles. The Balaban J connectivity index is 1.95. The number of pyridine rings is 3. The second-order valence-corrected chi connectivity index (χ2v) is 14.1. The summed E-state index contributed by atoms with van der Waals surface area (Å²) in [6.45, 7) is 15.5. The van der Waals surface area contributed by atoms with Gasteiger partial charge in [-0.2, -0.15) is 0 Å². The fraction of sp³-hybridized carbons (Fsp3) is 0.303. The molecule has 10 nitrogen and oxygen atoms in total. The smallest absolute Gasteiger partial charge is 0.282 e. The molecular formula is C33H31F3N6O4S2. The first-order valence-electron chi connectivity index (χ1n) is 14.7. The lowest BCUT2D eigenvalue weighted by molar-refractivity contribution is -0.131. The van der Waals surface area contributed by atoms with Crippen molar-refractivity contribution >= 4 is 44.7 Å². The molecule has 48 heavy (non-hydrogen) atoms. The Morgan fingerprint density at radius 1 is 1.21 bits per heavy atom. The van der Waals surface area contributed by atoms with Crippen molar-refractivity contribution in [1.82, 2.24) is 19.4 Å². The summed E-state index contributed by atoms with van der Waals surface area (Å²) in [6.07, 6.45) is 2.54. The number of rotatable bonds is 7. The van der Waals surface area contributed by atoms with E-state index in [1.165, 1.54) is 16.7 Å². The molecule has 1 atom stereocenters. The maximum absolute atomic E-state index is 16.2. The number of phenols is 1. The summed E-state index contributed by atoms with van der Waals surface area (Å²) in [7, 11) is -4.20. The van der Waals surface area contributed by atoms with Crippen LogP contribution in [0, 0.1) is 29.8 Å². The van der Waals surface area contributed by atoms with Crippen LogP contribution in [0.25, 0.3) is 32.8 Å². The number of hydrogen-bond donors (Lipinski definition) is 1. The van der Waals surface area contributed by atoms with Crippen molar-refractivity contribution in [2.75, 3.05) is 37.3 Å². The predicted molar refractivity (Wildman–Crippen MR) is 178 cm³/mol. The highest BCUT2D eigenvalue weighted by atomic mass is 32.2. The molecule has 4 aromatic rings. The van der Waals surface area contributed by atoms with Crippen LogP contribution in [0.5, 0.6) is 5.75 Å². The Morgan fingerprint density at radius 3 is 2.52 bits per heavy atom. The third-order valence-corrected chi connectivity index (χ3v) is 9.80. The van der Waals surface area contributed by atoms with E-state index in [1.807, 2.05) is 13.8 Å². The minimum absolute atomic E-state index is 0.0321. The molecule has 1 aliphatic heterocycles. The van der Waals surface area contributed by atoms with Gasteiger partial charge in [0.2, 0.25) is 6.54 Å². The predicted octanol–water partition coefficient (Wildman–Crippen LogP) is 6.06. The van der Waals surface area contributed by atoms with Crippen LogP contribution in [-0.4, -0.2) is 77.3 Å². The number of amides is 1. The number of carbonyl (C=O) groups is 1. The van der Waals surface area contributed by atoms with E-state index < -0.39 is 56.3 Å². The molecule has 1 aliphatic rings. The van der Waals surface area contributed by atoms with E-state index in [0.29, 0.717) is 16.9 Å². The lowest BCUT2D eigenvalue weighted by Crippen LogP contribution is -2.56. The molecule has 1 amide bonds. The van der Waals surface area contributed by atoms with Gasteiger partial charge in [0.05, 0.1) is 22.6 Å². The number of halogens is 3. The summed E-state index contributed by atoms with van der Waals surface area (Å²) in [5, 5.41) is 10.5. The average Bonchev–Trinajstić information content (AvgIpc) is 3.00. The lowest BCUT2D eigenvalue weighted by atomic mass is 10.0. The summed E-state index contributed by atoms with van der Waals surface area (Å²) in [5.74, 6) is -4.99. The van der Waals surface area contributed by atoms with Crippen molar-refractivity contribution < 1.29 is 31.5 Å². The molecule has 0 unspecified atom stereocenters. The number of sulfone groups is 1. The maximum Gasteiger partial charge on any atom is 0.282 e. The van der Waals surface area contributed by atoms with Crippen LogP contribution in [0.1, 0.15) is 31.0 Å². The van der Waals surface area contributed by atoms with Crippen LogP contribution in [0.3, 0.4) is 0 Å². The zero-order chi connectivity index (χ0) is 35.2. The highest BCUT2D eigenvalue weighted by molar-refractivity contribution is 7.91. The quantitative estimate of drug-likeness (QED) is 0.141. The SMILES string of the molecule is [C-]#[N+]C[C@H]1CN(c2c(S(C)(=O)=O)c(=S)n(-c3c(C)ccnc3C(C)C)c3nc(-c4c(O)cccc4F)c(F)cc23)CCN1C(=O)C(=C)F. The number of aromatic hydroxyl groups is 1. The van der Waals surface area contributed by atoms with E-state index >= 15 is 8.78 Å². The lowest BCUT2D eigenvalue weighted by Gasteiger charge is -2.41. The Bertz CT molecular complexity index is 2200. The number of anilines is 1. The molecule has 0 radical (unpaired) electrons. The van der Waals surface area contributed by atoms with Crippen molar-refractivity contribution in [2.45, 2.75) is 37.6 Å². The standard InChI is InChI=1S/C33H31F3N6O4S2/c1-17(2)26-28(18(3)10-11-38-26)42-31-21(14-23(36)27(39-31)25-22(35)8-7-9-24(25)43)29(30(33(42)47)48(6,45)46)40-12-13-41(32(44)19(4)34)20(16-40)15-37-5/h7-11,14,17,20,43H,4,12-13,15-16H2,1-3,6H3/t20-/m0/s1. The van der Waals surface area contributed by atoms with Crippen LogP contribution < -0.4 is 4.90 Å². The fourth-order valence-electron chi connectivity index (χ4n) is 6.05. The van der Waals surface area contributed by atoms with Gasteiger partial charge in [0.15, 0.2) is 21.5 Å². The number of nitrogens with zero attached hydrogens (tertiary/aromatic N) is 6. The van der Waals surface area contributed by atoms with E-state index in [9.17, 15) is 22.7 Å². The zero-order valence-electron chi connectivity index (χ0n) is 26.5. The molecule has 3 aromatic heterocycles. The van der Waals surface area contributed by atoms with Crippen LogP contribution in [-0.2, 0) is 14.6 Å². The monoisotopic (exact) mass is 696 g/mol. The number of benzene rings is 1. The minimum Gasteiger partial charge on any atom is -0.507 e. The molecule has 1 fully saturated rings. The summed E-state index contributed by atoms with van der Waals surface area (Å²) < 4.78 is 73.8. The first-order chi connectivity index (χ1) is 22.6. The molecular weight excluding hydrogens is 666 g/mol. The van der Waals surface area contributed by atoms with Crippen molar-refractivity contribution in [3.8, 4) is 22.7 Å². The van der Waals surface area contributed by atoms with Gasteiger partial charge in [-0.3, -0.25) is 14.3 Å². The summed E-state index contributed by atoms with van der Waals surface area (Å²) in [6, 6.07) is 5.28. The normalized spacial score (nSPS) is 15.2. The molecule has 5 rings (SSSR count). The first-order valence-corrected chi connectivity index (χ1v) is 17.0. The first kappa shape index (κ1) is 34.5. The molecule has 250 valence electrons. The summed E-state index contributed by atoms with van der Waals surface area (Å²) >= 11 is 5.93. The van der Waals surface area contributed by atoms with Crippen LogP contribution in [0.2, 0.25) is 0 Å². The largest absolute Gasteiger partial charge is 0.507 e. The topological polar surface area (TPSA) is 113 Å². The van der Waals surface area contributed by atoms with E-state index in [2.05, 4.69) is 21.4 Å². The highest BCUT2D eigenvalue weighted by Crippen LogP contribution is 2.42. The average molecular weight is 697 g/mol. The van der Waals surface area contributed by atoms with Gasteiger partial charge in [0.1, 0.15) is 38.5 Å². The van der Waals surface area contributed by atoms with Gasteiger partial charge in [-0.1, -0.05) is 38.7 Å². The molecule has 0 saturated carbocycles. The number of hydrogen-bond acceptors (Lipinski definition) is 8. The van der Waals surface area contributed by atoms with Crippen LogP contribution in [0.4, 0.5) is 18.9 Å². The second kappa shape index (κ2) is 13.0. The number of piperazine rings is 1. The second-order valence-electron chi connectivity index (χ2n) is 11.8. The van der Waals surface area contributed by atoms with E-state index in [1.54, 1.807) is 24.1 Å². The molecule has 0 aliphatic carbocycles. The Kier molecular flexibility index (Phi) is 9.35. The summed E-state index contributed by atoms with van der Waals surface area (Å²) in [5.41, 5.74) is 0.396. The minimum atomic E-state index is -4.20. The van der Waals surface area contributed by atoms with Crippen LogP contribution in [0.15, 0.2) is 53.8 Å². The van der Waals surface area contributed by atoms with Gasteiger partial charge in [-0.05, 0) is 42.7 Å². The van der Waals surface area contributed by atoms with E-state index in [0.717, 1.165) is 23.3 Å². The van der Waals surface area contributed by atoms with Gasteiger partial charge in [0.25, 0.3) is 5.91 Å². The Labute approximate surface area is 280 Å². The molecule has 4 heterocycles. The highest BCUT2D eigenvalue weighted by Gasteiger charge is 2.37. The molecule has 1 N–H and O–H groups in total. The van der Waals surface area contributed by atoms with E-state index in [4.69, 9.17) is 18.8 Å². The molecule has 0 bridgehead atoms. The number of carbonyl (C=O) groups excluding carboxylic acids is 1. The number of aryl methyl sites for hydroxylation is 1. The zero-order valence-corrected chi connectivity index (χ0v) is 28.1. The van der Waals surface area contributed by atoms with Crippen LogP contribution >= 0.6 is 12.2 Å². The van der Waals surface area contributed by atoms with Gasteiger partial charge in [-0.25, -0.2) is 33.1 Å². The third kappa shape index (κ3) is 6.01. The molecule has 1 aromatic carbocycles. The fourth-order valence-corrected chi connectivity index (χ4v) is 7.78.